The fourth-order valence-corrected chi connectivity index (χ4v) is 3.21. The Labute approximate surface area is 172 Å². The van der Waals surface area contributed by atoms with E-state index < -0.39 is 44.7 Å². The number of hydrogen-bond acceptors (Lipinski definition) is 4. The summed E-state index contributed by atoms with van der Waals surface area (Å²) in [4.78, 5) is 3.22. The van der Waals surface area contributed by atoms with Crippen LogP contribution in [0.2, 0.25) is 0 Å². The molecule has 160 valence electrons. The van der Waals surface area contributed by atoms with Gasteiger partial charge in [-0.3, -0.25) is 0 Å². The lowest BCUT2D eigenvalue weighted by Gasteiger charge is -2.29. The molecule has 0 aromatic heterocycles. The SMILES string of the molecule is COOSc1c(F)c(F)c(Oc2c(C(C)(C)C)cccc2C(C)(C)C)c(F)c1F. The van der Waals surface area contributed by atoms with Gasteiger partial charge in [-0.15, -0.1) is 0 Å². The van der Waals surface area contributed by atoms with E-state index in [1.54, 1.807) is 12.1 Å². The Morgan fingerprint density at radius 1 is 0.724 bits per heavy atom. The number of ether oxygens (including phenoxy) is 1. The minimum absolute atomic E-state index is 0.0240. The van der Waals surface area contributed by atoms with Crippen molar-refractivity contribution in [1.82, 2.24) is 0 Å². The van der Waals surface area contributed by atoms with Crippen molar-refractivity contribution in [3.8, 4) is 11.5 Å². The molecule has 0 heterocycles. The first-order valence-corrected chi connectivity index (χ1v) is 9.60. The van der Waals surface area contributed by atoms with E-state index in [4.69, 9.17) is 4.74 Å². The molecule has 0 N–H and O–H groups in total. The standard InChI is InChI=1S/C21H24F4O3S/c1-20(2,3)11-9-8-10-12(21(4,5)6)17(11)27-18-13(22)15(24)19(29-28-26-7)16(25)14(18)23/h8-10H,1-7H3. The number of para-hydroxylation sites is 1. The zero-order valence-electron chi connectivity index (χ0n) is 17.4. The number of hydrogen-bond donors (Lipinski definition) is 0. The fraction of sp³-hybridized carbons (Fsp3) is 0.429. The van der Waals surface area contributed by atoms with Crippen LogP contribution in [0.5, 0.6) is 11.5 Å². The molecule has 0 amide bonds. The first kappa shape index (κ1) is 23.5. The van der Waals surface area contributed by atoms with Crippen LogP contribution in [0.25, 0.3) is 0 Å². The summed E-state index contributed by atoms with van der Waals surface area (Å²) >= 11 is 0.0240. The number of halogens is 4. The van der Waals surface area contributed by atoms with E-state index in [1.165, 1.54) is 0 Å². The number of benzene rings is 2. The molecule has 0 aliphatic heterocycles. The van der Waals surface area contributed by atoms with Crippen molar-refractivity contribution in [3.05, 3.63) is 52.6 Å². The minimum Gasteiger partial charge on any atom is -0.450 e. The molecule has 0 atom stereocenters. The molecule has 0 spiro atoms. The molecule has 0 radical (unpaired) electrons. The third kappa shape index (κ3) is 4.87. The number of rotatable bonds is 5. The normalized spacial score (nSPS) is 12.4. The largest absolute Gasteiger partial charge is 0.450 e. The van der Waals surface area contributed by atoms with E-state index in [0.29, 0.717) is 11.1 Å². The third-order valence-corrected chi connectivity index (χ3v) is 4.93. The van der Waals surface area contributed by atoms with Gasteiger partial charge in [-0.2, -0.15) is 13.1 Å². The van der Waals surface area contributed by atoms with E-state index in [-0.39, 0.29) is 17.8 Å². The summed E-state index contributed by atoms with van der Waals surface area (Å²) in [5.41, 5.74) is 0.377. The summed E-state index contributed by atoms with van der Waals surface area (Å²) in [6, 6.07) is 5.32. The molecule has 0 saturated carbocycles. The van der Waals surface area contributed by atoms with E-state index in [2.05, 4.69) is 9.22 Å². The van der Waals surface area contributed by atoms with E-state index >= 15 is 0 Å². The maximum Gasteiger partial charge on any atom is 0.205 e. The molecule has 0 saturated heterocycles. The fourth-order valence-electron chi connectivity index (χ4n) is 2.75. The van der Waals surface area contributed by atoms with E-state index in [1.807, 2.05) is 47.6 Å². The Morgan fingerprint density at radius 2 is 1.17 bits per heavy atom. The monoisotopic (exact) mass is 432 g/mol. The first-order chi connectivity index (χ1) is 13.3. The molecule has 2 rings (SSSR count). The highest BCUT2D eigenvalue weighted by Crippen LogP contribution is 2.44. The zero-order valence-corrected chi connectivity index (χ0v) is 18.2. The van der Waals surface area contributed by atoms with Crippen LogP contribution in [0, 0.1) is 23.3 Å². The van der Waals surface area contributed by atoms with Gasteiger partial charge in [-0.05, 0) is 10.8 Å². The van der Waals surface area contributed by atoms with Gasteiger partial charge in [0.05, 0.1) is 19.2 Å². The second kappa shape index (κ2) is 8.53. The summed E-state index contributed by atoms with van der Waals surface area (Å²) in [7, 11) is 1.09. The summed E-state index contributed by atoms with van der Waals surface area (Å²) in [6.07, 6.45) is 0. The molecule has 3 nitrogen and oxygen atoms in total. The Morgan fingerprint density at radius 3 is 1.55 bits per heavy atom. The second-order valence-corrected chi connectivity index (χ2v) is 9.23. The Kier molecular flexibility index (Phi) is 6.92. The topological polar surface area (TPSA) is 27.7 Å². The molecule has 8 heteroatoms. The van der Waals surface area contributed by atoms with Crippen molar-refractivity contribution < 1.29 is 31.5 Å². The maximum atomic E-state index is 14.7. The van der Waals surface area contributed by atoms with Gasteiger partial charge in [0.25, 0.3) is 0 Å². The molecular weight excluding hydrogens is 408 g/mol. The molecule has 0 aliphatic carbocycles. The molecule has 29 heavy (non-hydrogen) atoms. The third-order valence-electron chi connectivity index (χ3n) is 4.20. The van der Waals surface area contributed by atoms with Crippen LogP contribution in [0.1, 0.15) is 52.7 Å². The smallest absolute Gasteiger partial charge is 0.205 e. The predicted molar refractivity (Wildman–Crippen MR) is 104 cm³/mol. The average Bonchev–Trinajstić information content (AvgIpc) is 2.62. The van der Waals surface area contributed by atoms with Crippen LogP contribution >= 0.6 is 12.0 Å². The summed E-state index contributed by atoms with van der Waals surface area (Å²) in [6.45, 7) is 11.4. The van der Waals surface area contributed by atoms with Crippen molar-refractivity contribution in [1.29, 1.82) is 0 Å². The Balaban J connectivity index is 2.72. The van der Waals surface area contributed by atoms with E-state index in [0.717, 1.165) is 7.11 Å². The van der Waals surface area contributed by atoms with Gasteiger partial charge in [-0.1, -0.05) is 59.7 Å². The van der Waals surface area contributed by atoms with Gasteiger partial charge in [0.2, 0.25) is 17.4 Å². The second-order valence-electron chi connectivity index (χ2n) is 8.52. The van der Waals surface area contributed by atoms with Crippen molar-refractivity contribution in [3.63, 3.8) is 0 Å². The average molecular weight is 432 g/mol. The van der Waals surface area contributed by atoms with Gasteiger partial charge >= 0.3 is 0 Å². The van der Waals surface area contributed by atoms with Gasteiger partial charge < -0.3 is 4.74 Å². The van der Waals surface area contributed by atoms with Gasteiger partial charge in [0.15, 0.2) is 11.6 Å². The maximum absolute atomic E-state index is 14.7. The van der Waals surface area contributed by atoms with Crippen LogP contribution in [0.3, 0.4) is 0 Å². The van der Waals surface area contributed by atoms with Crippen molar-refractivity contribution >= 4 is 12.0 Å². The molecule has 0 unspecified atom stereocenters. The lowest BCUT2D eigenvalue weighted by molar-refractivity contribution is -0.160. The minimum atomic E-state index is -1.66. The predicted octanol–water partition coefficient (Wildman–Crippen LogP) is 7.22. The highest BCUT2D eigenvalue weighted by atomic mass is 32.2. The summed E-state index contributed by atoms with van der Waals surface area (Å²) in [5, 5.41) is 0. The molecule has 0 fully saturated rings. The highest BCUT2D eigenvalue weighted by Gasteiger charge is 2.32. The van der Waals surface area contributed by atoms with Crippen molar-refractivity contribution in [2.45, 2.75) is 57.3 Å². The van der Waals surface area contributed by atoms with Crippen molar-refractivity contribution in [2.24, 2.45) is 0 Å². The van der Waals surface area contributed by atoms with Crippen LogP contribution in [0.4, 0.5) is 17.6 Å². The van der Waals surface area contributed by atoms with Crippen molar-refractivity contribution in [2.75, 3.05) is 7.11 Å². The van der Waals surface area contributed by atoms with Crippen LogP contribution in [-0.4, -0.2) is 7.11 Å². The van der Waals surface area contributed by atoms with Gasteiger partial charge in [0.1, 0.15) is 10.6 Å². The Bertz CT molecular complexity index is 841. The summed E-state index contributed by atoms with van der Waals surface area (Å²) < 4.78 is 68.0. The van der Waals surface area contributed by atoms with Crippen LogP contribution in [-0.2, 0) is 20.1 Å². The lowest BCUT2D eigenvalue weighted by Crippen LogP contribution is -2.19. The van der Waals surface area contributed by atoms with Gasteiger partial charge in [-0.25, -0.2) is 13.7 Å². The van der Waals surface area contributed by atoms with Gasteiger partial charge in [0, 0.05) is 11.1 Å². The summed E-state index contributed by atoms with van der Waals surface area (Å²) in [5.74, 6) is -7.57. The first-order valence-electron chi connectivity index (χ1n) is 8.85. The molecule has 2 aromatic rings. The molecule has 0 bridgehead atoms. The quantitative estimate of drug-likeness (QED) is 0.164. The molecular formula is C21H24F4O3S. The molecule has 0 aliphatic rings. The lowest BCUT2D eigenvalue weighted by atomic mass is 9.79. The van der Waals surface area contributed by atoms with E-state index in [9.17, 15) is 17.6 Å². The Hall–Kier alpha value is -1.77. The highest BCUT2D eigenvalue weighted by molar-refractivity contribution is 7.94. The zero-order chi connectivity index (χ0) is 22.1. The van der Waals surface area contributed by atoms with Crippen LogP contribution in [0.15, 0.2) is 23.1 Å². The van der Waals surface area contributed by atoms with Crippen LogP contribution < -0.4 is 4.74 Å². The molecule has 2 aromatic carbocycles.